The Kier molecular flexibility index (Phi) is 3.90. The molecule has 1 aromatic heterocycles. The highest BCUT2D eigenvalue weighted by Gasteiger charge is 2.14. The fourth-order valence-electron chi connectivity index (χ4n) is 1.66. The van der Waals surface area contributed by atoms with Crippen molar-refractivity contribution in [2.45, 2.75) is 6.42 Å². The number of hydrogen-bond acceptors (Lipinski definition) is 4. The molecule has 0 aliphatic carbocycles. The number of carbonyl (C=O) groups is 1. The van der Waals surface area contributed by atoms with Crippen LogP contribution in [-0.2, 0) is 4.79 Å². The number of nitrogens with zero attached hydrogens (tertiary/aromatic N) is 3. The molecule has 0 aliphatic heterocycles. The van der Waals surface area contributed by atoms with Crippen molar-refractivity contribution in [3.05, 3.63) is 58.4 Å². The fourth-order valence-corrected chi connectivity index (χ4v) is 1.66. The molecule has 0 saturated heterocycles. The lowest BCUT2D eigenvalue weighted by atomic mass is 10.2. The van der Waals surface area contributed by atoms with Gasteiger partial charge >= 0.3 is 5.97 Å². The van der Waals surface area contributed by atoms with Crippen LogP contribution in [0.1, 0.15) is 12.0 Å². The van der Waals surface area contributed by atoms with Gasteiger partial charge in [0.05, 0.1) is 17.5 Å². The second-order valence-electron chi connectivity index (χ2n) is 3.96. The highest BCUT2D eigenvalue weighted by atomic mass is 16.6. The summed E-state index contributed by atoms with van der Waals surface area (Å²) in [5.74, 6) is -0.924. The van der Waals surface area contributed by atoms with Crippen molar-refractivity contribution in [3.8, 4) is 5.69 Å². The van der Waals surface area contributed by atoms with Gasteiger partial charge in [0, 0.05) is 17.8 Å². The third-order valence-corrected chi connectivity index (χ3v) is 2.53. The summed E-state index contributed by atoms with van der Waals surface area (Å²) in [7, 11) is 0. The summed E-state index contributed by atoms with van der Waals surface area (Å²) in [6, 6.07) is 6.26. The smallest absolute Gasteiger partial charge is 0.307 e. The highest BCUT2D eigenvalue weighted by Crippen LogP contribution is 2.21. The lowest BCUT2D eigenvalue weighted by Gasteiger charge is -2.01. The molecule has 20 heavy (non-hydrogen) atoms. The molecular formula is C13H11N3O4. The minimum Gasteiger partial charge on any atom is -0.481 e. The lowest BCUT2D eigenvalue weighted by Crippen LogP contribution is -1.99. The van der Waals surface area contributed by atoms with Gasteiger partial charge < -0.3 is 5.11 Å². The van der Waals surface area contributed by atoms with Gasteiger partial charge in [0.2, 0.25) is 0 Å². The Morgan fingerprint density at radius 1 is 1.45 bits per heavy atom. The first-order valence-corrected chi connectivity index (χ1v) is 5.75. The quantitative estimate of drug-likeness (QED) is 0.665. The molecule has 0 radical (unpaired) electrons. The molecule has 1 aromatic carbocycles. The number of aliphatic carboxylic acids is 1. The van der Waals surface area contributed by atoms with E-state index in [0.717, 1.165) is 0 Å². The number of aromatic nitrogens is 2. The zero-order valence-corrected chi connectivity index (χ0v) is 10.3. The molecule has 2 rings (SSSR count). The zero-order valence-electron chi connectivity index (χ0n) is 10.3. The van der Waals surface area contributed by atoms with Crippen LogP contribution in [0.2, 0.25) is 0 Å². The second-order valence-corrected chi connectivity index (χ2v) is 3.96. The van der Waals surface area contributed by atoms with E-state index < -0.39 is 10.9 Å². The Balaban J connectivity index is 2.27. The Morgan fingerprint density at radius 2 is 2.20 bits per heavy atom. The van der Waals surface area contributed by atoms with E-state index in [-0.39, 0.29) is 12.1 Å². The number of benzene rings is 1. The summed E-state index contributed by atoms with van der Waals surface area (Å²) in [6.45, 7) is 0. The number of para-hydroxylation sites is 2. The molecule has 0 spiro atoms. The van der Waals surface area contributed by atoms with E-state index in [1.165, 1.54) is 23.0 Å². The molecular weight excluding hydrogens is 262 g/mol. The van der Waals surface area contributed by atoms with E-state index in [0.29, 0.717) is 11.3 Å². The average molecular weight is 273 g/mol. The van der Waals surface area contributed by atoms with Gasteiger partial charge in [-0.1, -0.05) is 24.3 Å². The number of carboxylic acid groups (broad SMARTS) is 1. The molecule has 1 N–H and O–H groups in total. The van der Waals surface area contributed by atoms with Crippen molar-refractivity contribution in [2.75, 3.05) is 0 Å². The number of carboxylic acids is 1. The van der Waals surface area contributed by atoms with E-state index in [9.17, 15) is 14.9 Å². The van der Waals surface area contributed by atoms with Crippen molar-refractivity contribution in [1.82, 2.24) is 9.78 Å². The topological polar surface area (TPSA) is 98.3 Å². The van der Waals surface area contributed by atoms with Crippen molar-refractivity contribution in [2.24, 2.45) is 0 Å². The minimum absolute atomic E-state index is 0.0448. The normalized spacial score (nSPS) is 10.8. The largest absolute Gasteiger partial charge is 0.481 e. The maximum absolute atomic E-state index is 10.9. The van der Waals surface area contributed by atoms with E-state index in [2.05, 4.69) is 5.10 Å². The summed E-state index contributed by atoms with van der Waals surface area (Å²) in [4.78, 5) is 20.8. The van der Waals surface area contributed by atoms with Crippen LogP contribution in [0.5, 0.6) is 0 Å². The van der Waals surface area contributed by atoms with Crippen molar-refractivity contribution < 1.29 is 14.8 Å². The third kappa shape index (κ3) is 3.08. The number of nitro groups is 1. The summed E-state index contributed by atoms with van der Waals surface area (Å²) in [5.41, 5.74) is 0.983. The van der Waals surface area contributed by atoms with Crippen LogP contribution < -0.4 is 0 Å². The first kappa shape index (κ1) is 13.5. The Bertz CT molecular complexity index is 676. The highest BCUT2D eigenvalue weighted by molar-refractivity contribution is 5.70. The van der Waals surface area contributed by atoms with Crippen LogP contribution in [-0.4, -0.2) is 25.8 Å². The second kappa shape index (κ2) is 5.79. The number of nitro benzene ring substituents is 1. The molecule has 0 fully saturated rings. The fraction of sp³-hybridized carbons (Fsp3) is 0.0769. The molecule has 102 valence electrons. The SMILES string of the molecule is O=C(O)CC=Cc1cnn(-c2ccccc2[N+](=O)[O-])c1. The molecule has 0 amide bonds. The van der Waals surface area contributed by atoms with Crippen molar-refractivity contribution >= 4 is 17.7 Å². The van der Waals surface area contributed by atoms with Gasteiger partial charge in [-0.3, -0.25) is 14.9 Å². The van der Waals surface area contributed by atoms with Crippen LogP contribution in [0.25, 0.3) is 11.8 Å². The molecule has 0 bridgehead atoms. The van der Waals surface area contributed by atoms with Gasteiger partial charge in [-0.25, -0.2) is 4.68 Å². The van der Waals surface area contributed by atoms with Gasteiger partial charge in [-0.05, 0) is 6.07 Å². The van der Waals surface area contributed by atoms with Gasteiger partial charge in [0.15, 0.2) is 0 Å². The first-order valence-electron chi connectivity index (χ1n) is 5.75. The Labute approximate surface area is 113 Å². The van der Waals surface area contributed by atoms with Gasteiger partial charge in [0.1, 0.15) is 5.69 Å². The van der Waals surface area contributed by atoms with E-state index in [1.54, 1.807) is 30.5 Å². The zero-order chi connectivity index (χ0) is 14.5. The number of hydrogen-bond donors (Lipinski definition) is 1. The molecule has 0 aliphatic rings. The Hall–Kier alpha value is -2.96. The van der Waals surface area contributed by atoms with Crippen molar-refractivity contribution in [1.29, 1.82) is 0 Å². The predicted molar refractivity (Wildman–Crippen MR) is 71.5 cm³/mol. The lowest BCUT2D eigenvalue weighted by molar-refractivity contribution is -0.384. The van der Waals surface area contributed by atoms with E-state index in [1.807, 2.05) is 0 Å². The summed E-state index contributed by atoms with van der Waals surface area (Å²) < 4.78 is 1.39. The maximum Gasteiger partial charge on any atom is 0.307 e. The van der Waals surface area contributed by atoms with Crippen molar-refractivity contribution in [3.63, 3.8) is 0 Å². The molecule has 0 saturated carbocycles. The average Bonchev–Trinajstić information content (AvgIpc) is 2.87. The standard InChI is InChI=1S/C13H11N3O4/c17-13(18)7-3-4-10-8-14-15(9-10)11-5-1-2-6-12(11)16(19)20/h1-6,8-9H,7H2,(H,17,18). The minimum atomic E-state index is -0.924. The van der Waals surface area contributed by atoms with Crippen LogP contribution in [0.3, 0.4) is 0 Å². The van der Waals surface area contributed by atoms with Crippen LogP contribution in [0.15, 0.2) is 42.7 Å². The summed E-state index contributed by atoms with van der Waals surface area (Å²) in [6.07, 6.45) is 6.11. The van der Waals surface area contributed by atoms with Gasteiger partial charge in [-0.15, -0.1) is 0 Å². The Morgan fingerprint density at radius 3 is 2.90 bits per heavy atom. The van der Waals surface area contributed by atoms with E-state index in [4.69, 9.17) is 5.11 Å². The molecule has 0 unspecified atom stereocenters. The van der Waals surface area contributed by atoms with Crippen LogP contribution in [0.4, 0.5) is 5.69 Å². The molecule has 7 heteroatoms. The molecule has 2 aromatic rings. The predicted octanol–water partition coefficient (Wildman–Crippen LogP) is 2.27. The van der Waals surface area contributed by atoms with E-state index >= 15 is 0 Å². The maximum atomic E-state index is 10.9. The monoisotopic (exact) mass is 273 g/mol. The third-order valence-electron chi connectivity index (χ3n) is 2.53. The molecule has 0 atom stereocenters. The van der Waals surface area contributed by atoms with Crippen LogP contribution in [0, 0.1) is 10.1 Å². The van der Waals surface area contributed by atoms with Crippen LogP contribution >= 0.6 is 0 Å². The van der Waals surface area contributed by atoms with Gasteiger partial charge in [-0.2, -0.15) is 5.10 Å². The molecule has 1 heterocycles. The molecule has 7 nitrogen and oxygen atoms in total. The summed E-state index contributed by atoms with van der Waals surface area (Å²) in [5, 5.41) is 23.5. The summed E-state index contributed by atoms with van der Waals surface area (Å²) >= 11 is 0. The first-order chi connectivity index (χ1) is 9.58. The van der Waals surface area contributed by atoms with Gasteiger partial charge in [0.25, 0.3) is 5.69 Å². The number of rotatable bonds is 5.